The van der Waals surface area contributed by atoms with Crippen LogP contribution in [0.1, 0.15) is 12.5 Å². The van der Waals surface area contributed by atoms with Gasteiger partial charge in [-0.2, -0.15) is 0 Å². The zero-order valence-electron chi connectivity index (χ0n) is 9.63. The first kappa shape index (κ1) is 11.5. The minimum absolute atomic E-state index is 0.208. The zero-order valence-corrected chi connectivity index (χ0v) is 9.63. The predicted octanol–water partition coefficient (Wildman–Crippen LogP) is 0.236. The first-order chi connectivity index (χ1) is 7.79. The van der Waals surface area contributed by atoms with Crippen LogP contribution in [0.15, 0.2) is 24.5 Å². The van der Waals surface area contributed by atoms with Crippen molar-refractivity contribution < 1.29 is 5.11 Å². The number of rotatable bonds is 3. The molecule has 2 N–H and O–H groups in total. The van der Waals surface area contributed by atoms with E-state index in [0.717, 1.165) is 19.6 Å². The van der Waals surface area contributed by atoms with Crippen molar-refractivity contribution in [3.8, 4) is 0 Å². The van der Waals surface area contributed by atoms with E-state index in [1.54, 1.807) is 6.20 Å². The van der Waals surface area contributed by atoms with E-state index >= 15 is 0 Å². The maximum absolute atomic E-state index is 9.33. The van der Waals surface area contributed by atoms with Gasteiger partial charge in [0.1, 0.15) is 0 Å². The predicted molar refractivity (Wildman–Crippen MR) is 63.0 cm³/mol. The van der Waals surface area contributed by atoms with Gasteiger partial charge in [-0.05, 0) is 18.6 Å². The third-order valence-electron chi connectivity index (χ3n) is 3.05. The van der Waals surface area contributed by atoms with Gasteiger partial charge in [0.2, 0.25) is 0 Å². The Bertz CT molecular complexity index is 317. The summed E-state index contributed by atoms with van der Waals surface area (Å²) < 4.78 is 0. The minimum Gasteiger partial charge on any atom is -0.395 e. The largest absolute Gasteiger partial charge is 0.395 e. The summed E-state index contributed by atoms with van der Waals surface area (Å²) >= 11 is 0. The second kappa shape index (κ2) is 5.39. The third kappa shape index (κ3) is 2.78. The molecule has 0 radical (unpaired) electrons. The second-order valence-electron chi connectivity index (χ2n) is 4.44. The Hall–Kier alpha value is -0.970. The van der Waals surface area contributed by atoms with Crippen molar-refractivity contribution in [3.05, 3.63) is 30.1 Å². The second-order valence-corrected chi connectivity index (χ2v) is 4.44. The fraction of sp³-hybridized carbons (Fsp3) is 0.583. The van der Waals surface area contributed by atoms with Gasteiger partial charge in [0, 0.05) is 44.1 Å². The molecular formula is C12H19N3O. The van der Waals surface area contributed by atoms with E-state index in [1.807, 2.05) is 12.3 Å². The summed E-state index contributed by atoms with van der Waals surface area (Å²) in [4.78, 5) is 6.43. The van der Waals surface area contributed by atoms with Crippen molar-refractivity contribution in [2.24, 2.45) is 0 Å². The molecule has 16 heavy (non-hydrogen) atoms. The zero-order chi connectivity index (χ0) is 11.4. The van der Waals surface area contributed by atoms with Gasteiger partial charge in [0.15, 0.2) is 0 Å². The normalized spacial score (nSPS) is 26.9. The van der Waals surface area contributed by atoms with Gasteiger partial charge in [-0.25, -0.2) is 0 Å². The monoisotopic (exact) mass is 221 g/mol. The summed E-state index contributed by atoms with van der Waals surface area (Å²) in [6.45, 7) is 5.08. The summed E-state index contributed by atoms with van der Waals surface area (Å²) in [7, 11) is 0. The van der Waals surface area contributed by atoms with Crippen molar-refractivity contribution in [3.63, 3.8) is 0 Å². The SMILES string of the molecule is CC1CN(Cc2cccnc2)C(CO)CN1. The van der Waals surface area contributed by atoms with E-state index in [2.05, 4.69) is 28.2 Å². The van der Waals surface area contributed by atoms with Gasteiger partial charge < -0.3 is 10.4 Å². The van der Waals surface area contributed by atoms with E-state index in [0.29, 0.717) is 6.04 Å². The van der Waals surface area contributed by atoms with Gasteiger partial charge in [-0.15, -0.1) is 0 Å². The van der Waals surface area contributed by atoms with E-state index in [-0.39, 0.29) is 12.6 Å². The molecule has 1 aromatic rings. The van der Waals surface area contributed by atoms with Crippen molar-refractivity contribution in [2.75, 3.05) is 19.7 Å². The lowest BCUT2D eigenvalue weighted by atomic mass is 10.1. The fourth-order valence-electron chi connectivity index (χ4n) is 2.13. The number of pyridine rings is 1. The summed E-state index contributed by atoms with van der Waals surface area (Å²) in [5.74, 6) is 0. The lowest BCUT2D eigenvalue weighted by molar-refractivity contribution is 0.0780. The lowest BCUT2D eigenvalue weighted by Gasteiger charge is -2.38. The van der Waals surface area contributed by atoms with E-state index in [1.165, 1.54) is 5.56 Å². The number of aromatic nitrogens is 1. The van der Waals surface area contributed by atoms with Gasteiger partial charge in [-0.1, -0.05) is 6.07 Å². The molecule has 2 unspecified atom stereocenters. The Balaban J connectivity index is 2.01. The molecular weight excluding hydrogens is 202 g/mol. The van der Waals surface area contributed by atoms with Gasteiger partial charge in [0.05, 0.1) is 6.61 Å². The highest BCUT2D eigenvalue weighted by Gasteiger charge is 2.24. The van der Waals surface area contributed by atoms with Crippen LogP contribution in [0.2, 0.25) is 0 Å². The number of hydrogen-bond acceptors (Lipinski definition) is 4. The molecule has 4 heteroatoms. The van der Waals surface area contributed by atoms with E-state index < -0.39 is 0 Å². The van der Waals surface area contributed by atoms with Crippen LogP contribution in [0.5, 0.6) is 0 Å². The molecule has 0 bridgehead atoms. The molecule has 2 heterocycles. The van der Waals surface area contributed by atoms with E-state index in [4.69, 9.17) is 0 Å². The number of nitrogens with one attached hydrogen (secondary N) is 1. The molecule has 4 nitrogen and oxygen atoms in total. The van der Waals surface area contributed by atoms with Crippen LogP contribution < -0.4 is 5.32 Å². The van der Waals surface area contributed by atoms with Crippen LogP contribution in [0.4, 0.5) is 0 Å². The van der Waals surface area contributed by atoms with Crippen LogP contribution in [0.3, 0.4) is 0 Å². The highest BCUT2D eigenvalue weighted by atomic mass is 16.3. The Labute approximate surface area is 96.3 Å². The molecule has 0 aliphatic carbocycles. The lowest BCUT2D eigenvalue weighted by Crippen LogP contribution is -2.56. The molecule has 1 fully saturated rings. The average molecular weight is 221 g/mol. The highest BCUT2D eigenvalue weighted by Crippen LogP contribution is 2.11. The molecule has 1 aliphatic heterocycles. The van der Waals surface area contributed by atoms with Crippen molar-refractivity contribution >= 4 is 0 Å². The molecule has 0 saturated carbocycles. The topological polar surface area (TPSA) is 48.4 Å². The van der Waals surface area contributed by atoms with Gasteiger partial charge >= 0.3 is 0 Å². The van der Waals surface area contributed by atoms with Crippen molar-refractivity contribution in [1.29, 1.82) is 0 Å². The maximum atomic E-state index is 9.33. The van der Waals surface area contributed by atoms with Crippen LogP contribution >= 0.6 is 0 Å². The summed E-state index contributed by atoms with van der Waals surface area (Å²) in [5.41, 5.74) is 1.20. The molecule has 1 aliphatic rings. The Morgan fingerprint density at radius 2 is 2.50 bits per heavy atom. The number of piperazine rings is 1. The fourth-order valence-corrected chi connectivity index (χ4v) is 2.13. The average Bonchev–Trinajstić information content (AvgIpc) is 2.31. The Morgan fingerprint density at radius 1 is 1.62 bits per heavy atom. The molecule has 2 rings (SSSR count). The molecule has 88 valence electrons. The minimum atomic E-state index is 0.208. The highest BCUT2D eigenvalue weighted by molar-refractivity contribution is 5.08. The van der Waals surface area contributed by atoms with Crippen LogP contribution in [-0.2, 0) is 6.54 Å². The first-order valence-corrected chi connectivity index (χ1v) is 5.77. The smallest absolute Gasteiger partial charge is 0.0599 e. The van der Waals surface area contributed by atoms with Crippen molar-refractivity contribution in [2.45, 2.75) is 25.6 Å². The molecule has 0 aromatic carbocycles. The third-order valence-corrected chi connectivity index (χ3v) is 3.05. The molecule has 0 amide bonds. The molecule has 1 aromatic heterocycles. The summed E-state index contributed by atoms with van der Waals surface area (Å²) in [5, 5.41) is 12.7. The number of nitrogens with zero attached hydrogens (tertiary/aromatic N) is 2. The van der Waals surface area contributed by atoms with Crippen molar-refractivity contribution in [1.82, 2.24) is 15.2 Å². The molecule has 2 atom stereocenters. The quantitative estimate of drug-likeness (QED) is 0.767. The summed E-state index contributed by atoms with van der Waals surface area (Å²) in [6, 6.07) is 4.74. The van der Waals surface area contributed by atoms with Crippen LogP contribution in [-0.4, -0.2) is 46.8 Å². The standard InChI is InChI=1S/C12H19N3O/c1-10-7-15(12(9-16)6-14-10)8-11-3-2-4-13-5-11/h2-5,10,12,14,16H,6-9H2,1H3. The number of aliphatic hydroxyl groups excluding tert-OH is 1. The van der Waals surface area contributed by atoms with E-state index in [9.17, 15) is 5.11 Å². The number of aliphatic hydroxyl groups is 1. The Kier molecular flexibility index (Phi) is 3.88. The summed E-state index contributed by atoms with van der Waals surface area (Å²) in [6.07, 6.45) is 3.68. The van der Waals surface area contributed by atoms with Crippen LogP contribution in [0, 0.1) is 0 Å². The van der Waals surface area contributed by atoms with Gasteiger partial charge in [0.25, 0.3) is 0 Å². The molecule has 0 spiro atoms. The Morgan fingerprint density at radius 3 is 3.19 bits per heavy atom. The maximum Gasteiger partial charge on any atom is 0.0599 e. The van der Waals surface area contributed by atoms with Gasteiger partial charge in [-0.3, -0.25) is 9.88 Å². The first-order valence-electron chi connectivity index (χ1n) is 5.77. The molecule has 1 saturated heterocycles. The van der Waals surface area contributed by atoms with Crippen LogP contribution in [0.25, 0.3) is 0 Å². The number of hydrogen-bond donors (Lipinski definition) is 2.